The molecule has 7 nitrogen and oxygen atoms in total. The number of ether oxygens (including phenoxy) is 1. The van der Waals surface area contributed by atoms with Gasteiger partial charge in [-0.2, -0.15) is 0 Å². The van der Waals surface area contributed by atoms with Gasteiger partial charge in [0.25, 0.3) is 0 Å². The van der Waals surface area contributed by atoms with Gasteiger partial charge in [-0.1, -0.05) is 5.16 Å². The van der Waals surface area contributed by atoms with E-state index in [9.17, 15) is 9.90 Å². The lowest BCUT2D eigenvalue weighted by Gasteiger charge is -2.30. The molecule has 1 aromatic rings. The molecule has 2 aliphatic rings. The smallest absolute Gasteiger partial charge is 0.222 e. The Labute approximate surface area is 148 Å². The van der Waals surface area contributed by atoms with Crippen LogP contribution in [0.4, 0.5) is 0 Å². The van der Waals surface area contributed by atoms with Crippen LogP contribution < -0.4 is 0 Å². The molecule has 2 atom stereocenters. The Kier molecular flexibility index (Phi) is 6.09. The average Bonchev–Trinajstić information content (AvgIpc) is 3.17. The van der Waals surface area contributed by atoms with Crippen molar-refractivity contribution < 1.29 is 19.2 Å². The van der Waals surface area contributed by atoms with Gasteiger partial charge in [0.1, 0.15) is 5.76 Å². The van der Waals surface area contributed by atoms with Crippen LogP contribution in [-0.4, -0.2) is 78.5 Å². The van der Waals surface area contributed by atoms with Crippen LogP contribution in [0.5, 0.6) is 0 Å². The molecule has 3 heterocycles. The summed E-state index contributed by atoms with van der Waals surface area (Å²) >= 11 is 0. The Morgan fingerprint density at radius 3 is 2.60 bits per heavy atom. The Morgan fingerprint density at radius 2 is 1.96 bits per heavy atom. The molecule has 0 aromatic carbocycles. The van der Waals surface area contributed by atoms with Gasteiger partial charge in [0, 0.05) is 57.2 Å². The maximum absolute atomic E-state index is 12.6. The first-order valence-corrected chi connectivity index (χ1v) is 9.19. The minimum atomic E-state index is 0.142. The fourth-order valence-electron chi connectivity index (χ4n) is 3.92. The summed E-state index contributed by atoms with van der Waals surface area (Å²) in [4.78, 5) is 16.9. The highest BCUT2D eigenvalue weighted by Gasteiger charge is 2.35. The van der Waals surface area contributed by atoms with E-state index >= 15 is 0 Å². The van der Waals surface area contributed by atoms with Crippen molar-refractivity contribution in [2.45, 2.75) is 26.7 Å². The Bertz CT molecular complexity index is 563. The van der Waals surface area contributed by atoms with Crippen molar-refractivity contribution >= 4 is 5.91 Å². The molecule has 140 valence electrons. The number of carbonyl (C=O) groups is 1. The number of morpholine rings is 1. The van der Waals surface area contributed by atoms with Crippen LogP contribution in [0.3, 0.4) is 0 Å². The van der Waals surface area contributed by atoms with Crippen molar-refractivity contribution in [2.75, 3.05) is 52.5 Å². The molecule has 1 N–H and O–H groups in total. The Balaban J connectivity index is 1.52. The summed E-state index contributed by atoms with van der Waals surface area (Å²) in [6.45, 7) is 9.69. The van der Waals surface area contributed by atoms with Crippen LogP contribution in [0.15, 0.2) is 4.52 Å². The monoisotopic (exact) mass is 351 g/mol. The summed E-state index contributed by atoms with van der Waals surface area (Å²) < 4.78 is 10.6. The van der Waals surface area contributed by atoms with Crippen LogP contribution in [0, 0.1) is 25.7 Å². The van der Waals surface area contributed by atoms with Crippen LogP contribution >= 0.6 is 0 Å². The second kappa shape index (κ2) is 8.29. The summed E-state index contributed by atoms with van der Waals surface area (Å²) in [6, 6.07) is 0. The van der Waals surface area contributed by atoms with Gasteiger partial charge in [-0.3, -0.25) is 9.69 Å². The lowest BCUT2D eigenvalue weighted by atomic mass is 9.96. The Hall–Kier alpha value is -1.44. The first-order valence-electron chi connectivity index (χ1n) is 9.19. The van der Waals surface area contributed by atoms with E-state index in [1.54, 1.807) is 0 Å². The highest BCUT2D eigenvalue weighted by molar-refractivity contribution is 5.76. The molecule has 0 bridgehead atoms. The second-order valence-electron chi connectivity index (χ2n) is 7.22. The van der Waals surface area contributed by atoms with Gasteiger partial charge in [0.15, 0.2) is 0 Å². The Morgan fingerprint density at radius 1 is 1.24 bits per heavy atom. The largest absolute Gasteiger partial charge is 0.396 e. The molecule has 0 spiro atoms. The van der Waals surface area contributed by atoms with Crippen molar-refractivity contribution in [3.05, 3.63) is 17.0 Å². The molecule has 2 aliphatic heterocycles. The standard InChI is InChI=1S/C18H29N3O4/c1-13-17(14(2)25-19-13)3-4-18(23)21-10-15(16(11-21)12-22)9-20-5-7-24-8-6-20/h15-16,22H,3-12H2,1-2H3. The molecule has 7 heteroatoms. The maximum Gasteiger partial charge on any atom is 0.222 e. The highest BCUT2D eigenvalue weighted by Crippen LogP contribution is 2.25. The third-order valence-electron chi connectivity index (χ3n) is 5.53. The first kappa shape index (κ1) is 18.4. The number of hydrogen-bond acceptors (Lipinski definition) is 6. The summed E-state index contributed by atoms with van der Waals surface area (Å²) in [5.74, 6) is 1.46. The number of aryl methyl sites for hydroxylation is 2. The number of aliphatic hydroxyl groups excluding tert-OH is 1. The van der Waals surface area contributed by atoms with Crippen molar-refractivity contribution in [3.63, 3.8) is 0 Å². The van der Waals surface area contributed by atoms with Gasteiger partial charge < -0.3 is 19.3 Å². The minimum absolute atomic E-state index is 0.142. The van der Waals surface area contributed by atoms with Crippen molar-refractivity contribution in [2.24, 2.45) is 11.8 Å². The van der Waals surface area contributed by atoms with Crippen molar-refractivity contribution in [1.82, 2.24) is 15.0 Å². The first-order chi connectivity index (χ1) is 12.1. The van der Waals surface area contributed by atoms with Gasteiger partial charge in [0.2, 0.25) is 5.91 Å². The van der Waals surface area contributed by atoms with Crippen molar-refractivity contribution in [3.8, 4) is 0 Å². The van der Waals surface area contributed by atoms with Gasteiger partial charge in [-0.05, 0) is 26.2 Å². The topological polar surface area (TPSA) is 79.0 Å². The lowest BCUT2D eigenvalue weighted by Crippen LogP contribution is -2.41. The van der Waals surface area contributed by atoms with E-state index < -0.39 is 0 Å². The van der Waals surface area contributed by atoms with E-state index in [2.05, 4.69) is 10.1 Å². The zero-order valence-electron chi connectivity index (χ0n) is 15.2. The lowest BCUT2D eigenvalue weighted by molar-refractivity contribution is -0.130. The molecule has 0 saturated carbocycles. The van der Waals surface area contributed by atoms with Crippen LogP contribution in [0.25, 0.3) is 0 Å². The number of amides is 1. The number of rotatable bonds is 6. The van der Waals surface area contributed by atoms with Crippen LogP contribution in [-0.2, 0) is 16.0 Å². The van der Waals surface area contributed by atoms with E-state index in [0.717, 1.165) is 56.4 Å². The molecule has 0 radical (unpaired) electrons. The maximum atomic E-state index is 12.6. The van der Waals surface area contributed by atoms with Crippen LogP contribution in [0.1, 0.15) is 23.4 Å². The summed E-state index contributed by atoms with van der Waals surface area (Å²) in [6.07, 6.45) is 1.12. The van der Waals surface area contributed by atoms with Gasteiger partial charge in [-0.15, -0.1) is 0 Å². The molecule has 2 fully saturated rings. The molecule has 2 saturated heterocycles. The molecular formula is C18H29N3O4. The number of nitrogens with zero attached hydrogens (tertiary/aromatic N) is 3. The molecule has 25 heavy (non-hydrogen) atoms. The van der Waals surface area contributed by atoms with E-state index in [-0.39, 0.29) is 18.4 Å². The van der Waals surface area contributed by atoms with Gasteiger partial charge >= 0.3 is 0 Å². The van der Waals surface area contributed by atoms with E-state index in [1.807, 2.05) is 18.7 Å². The number of aromatic nitrogens is 1. The number of aliphatic hydroxyl groups is 1. The normalized spacial score (nSPS) is 24.8. The molecule has 2 unspecified atom stereocenters. The molecular weight excluding hydrogens is 322 g/mol. The fourth-order valence-corrected chi connectivity index (χ4v) is 3.92. The number of carbonyl (C=O) groups excluding carboxylic acids is 1. The zero-order valence-corrected chi connectivity index (χ0v) is 15.2. The number of hydrogen-bond donors (Lipinski definition) is 1. The predicted molar refractivity (Wildman–Crippen MR) is 92.2 cm³/mol. The van der Waals surface area contributed by atoms with E-state index in [1.165, 1.54) is 0 Å². The van der Waals surface area contributed by atoms with Gasteiger partial charge in [0.05, 0.1) is 18.9 Å². The molecule has 1 amide bonds. The summed E-state index contributed by atoms with van der Waals surface area (Å²) in [5, 5.41) is 13.7. The summed E-state index contributed by atoms with van der Waals surface area (Å²) in [7, 11) is 0. The predicted octanol–water partition coefficient (Wildman–Crippen LogP) is 0.623. The fraction of sp³-hybridized carbons (Fsp3) is 0.778. The van der Waals surface area contributed by atoms with Crippen molar-refractivity contribution in [1.29, 1.82) is 0 Å². The second-order valence-corrected chi connectivity index (χ2v) is 7.22. The molecule has 3 rings (SSSR count). The summed E-state index contributed by atoms with van der Waals surface area (Å²) in [5.41, 5.74) is 1.90. The van der Waals surface area contributed by atoms with E-state index in [0.29, 0.717) is 25.3 Å². The molecule has 0 aliphatic carbocycles. The minimum Gasteiger partial charge on any atom is -0.396 e. The van der Waals surface area contributed by atoms with E-state index in [4.69, 9.17) is 9.26 Å². The van der Waals surface area contributed by atoms with Gasteiger partial charge in [-0.25, -0.2) is 0 Å². The van der Waals surface area contributed by atoms with Crippen LogP contribution in [0.2, 0.25) is 0 Å². The molecule has 1 aromatic heterocycles. The highest BCUT2D eigenvalue weighted by atomic mass is 16.5. The zero-order chi connectivity index (χ0) is 17.8. The quantitative estimate of drug-likeness (QED) is 0.810. The third kappa shape index (κ3) is 4.40. The third-order valence-corrected chi connectivity index (χ3v) is 5.53. The SMILES string of the molecule is Cc1noc(C)c1CCC(=O)N1CC(CO)C(CN2CCOCC2)C1. The average molecular weight is 351 g/mol. The number of likely N-dealkylation sites (tertiary alicyclic amines) is 1.